The zero-order valence-electron chi connectivity index (χ0n) is 14.7. The monoisotopic (exact) mass is 473 g/mol. The highest BCUT2D eigenvalue weighted by Crippen LogP contribution is 2.23. The molecule has 2 amide bonds. The first-order chi connectivity index (χ1) is 13.8. The molecule has 2 N–H and O–H groups in total. The molecular weight excluding hydrogens is 462 g/mol. The van der Waals surface area contributed by atoms with Crippen LogP contribution in [-0.4, -0.2) is 16.7 Å². The first-order valence-corrected chi connectivity index (χ1v) is 9.43. The molecule has 29 heavy (non-hydrogen) atoms. The van der Waals surface area contributed by atoms with Crippen molar-refractivity contribution in [1.29, 1.82) is 0 Å². The van der Waals surface area contributed by atoms with Crippen molar-refractivity contribution >= 4 is 56.4 Å². The number of benzene rings is 3. The molecule has 3 rings (SSSR count). The Morgan fingerprint density at radius 2 is 1.41 bits per heavy atom. The maximum atomic E-state index is 12.4. The Hall–Kier alpha value is -3.23. The first-order valence-electron chi connectivity index (χ1n) is 8.26. The average Bonchev–Trinajstić information content (AvgIpc) is 2.70. The van der Waals surface area contributed by atoms with E-state index in [2.05, 4.69) is 26.6 Å². The summed E-state index contributed by atoms with van der Waals surface area (Å²) in [6.45, 7) is 0. The predicted molar refractivity (Wildman–Crippen MR) is 115 cm³/mol. The van der Waals surface area contributed by atoms with E-state index < -0.39 is 10.8 Å². The molecule has 146 valence electrons. The third-order valence-electron chi connectivity index (χ3n) is 3.91. The molecule has 0 aliphatic carbocycles. The lowest BCUT2D eigenvalue weighted by molar-refractivity contribution is -0.384. The average molecular weight is 475 g/mol. The standard InChI is InChI=1S/C20H13BrClN3O4/c21-13-3-1-12(2-4-13)19(26)23-14-5-7-15(8-6-14)24-20(27)17-11-16(25(28)29)9-10-18(17)22/h1-11H,(H,23,26)(H,24,27). The Morgan fingerprint density at radius 3 is 1.97 bits per heavy atom. The van der Waals surface area contributed by atoms with Crippen LogP contribution in [0.25, 0.3) is 0 Å². The van der Waals surface area contributed by atoms with Crippen LogP contribution in [0.5, 0.6) is 0 Å². The molecule has 0 heterocycles. The fourth-order valence-corrected chi connectivity index (χ4v) is 2.91. The highest BCUT2D eigenvalue weighted by atomic mass is 79.9. The second kappa shape index (κ2) is 8.85. The van der Waals surface area contributed by atoms with Gasteiger partial charge in [-0.05, 0) is 54.6 Å². The number of amides is 2. The molecule has 0 bridgehead atoms. The van der Waals surface area contributed by atoms with Crippen molar-refractivity contribution in [1.82, 2.24) is 0 Å². The van der Waals surface area contributed by atoms with Gasteiger partial charge in [-0.15, -0.1) is 0 Å². The molecular formula is C20H13BrClN3O4. The van der Waals surface area contributed by atoms with Gasteiger partial charge in [0.05, 0.1) is 15.5 Å². The van der Waals surface area contributed by atoms with Crippen molar-refractivity contribution in [3.8, 4) is 0 Å². The van der Waals surface area contributed by atoms with Crippen LogP contribution in [0.2, 0.25) is 5.02 Å². The van der Waals surface area contributed by atoms with E-state index in [4.69, 9.17) is 11.6 Å². The molecule has 0 aliphatic rings. The smallest absolute Gasteiger partial charge is 0.270 e. The van der Waals surface area contributed by atoms with Gasteiger partial charge in [0.1, 0.15) is 0 Å². The van der Waals surface area contributed by atoms with Gasteiger partial charge in [-0.3, -0.25) is 19.7 Å². The van der Waals surface area contributed by atoms with Crippen molar-refractivity contribution in [3.63, 3.8) is 0 Å². The van der Waals surface area contributed by atoms with Crippen molar-refractivity contribution in [2.24, 2.45) is 0 Å². The number of nitro benzene ring substituents is 1. The highest BCUT2D eigenvalue weighted by Gasteiger charge is 2.16. The normalized spacial score (nSPS) is 10.3. The van der Waals surface area contributed by atoms with Crippen LogP contribution < -0.4 is 10.6 Å². The molecule has 9 heteroatoms. The maximum Gasteiger partial charge on any atom is 0.270 e. The molecule has 0 aromatic heterocycles. The third kappa shape index (κ3) is 5.18. The number of nitrogens with one attached hydrogen (secondary N) is 2. The van der Waals surface area contributed by atoms with E-state index in [0.717, 1.165) is 10.5 Å². The molecule has 0 saturated carbocycles. The summed E-state index contributed by atoms with van der Waals surface area (Å²) >= 11 is 9.29. The van der Waals surface area contributed by atoms with Gasteiger partial charge >= 0.3 is 0 Å². The SMILES string of the molecule is O=C(Nc1ccc(NC(=O)c2cc([N+](=O)[O-])ccc2Cl)cc1)c1ccc(Br)cc1. The number of hydrogen-bond acceptors (Lipinski definition) is 4. The summed E-state index contributed by atoms with van der Waals surface area (Å²) in [5, 5.41) is 16.4. The van der Waals surface area contributed by atoms with Gasteiger partial charge in [0.2, 0.25) is 0 Å². The number of rotatable bonds is 5. The minimum atomic E-state index is -0.601. The van der Waals surface area contributed by atoms with Crippen LogP contribution in [0.4, 0.5) is 17.1 Å². The van der Waals surface area contributed by atoms with Gasteiger partial charge in [0, 0.05) is 33.5 Å². The summed E-state index contributed by atoms with van der Waals surface area (Å²) in [4.78, 5) is 34.9. The molecule has 0 fully saturated rings. The van der Waals surface area contributed by atoms with Crippen LogP contribution in [-0.2, 0) is 0 Å². The molecule has 0 spiro atoms. The number of nitrogens with zero attached hydrogens (tertiary/aromatic N) is 1. The minimum absolute atomic E-state index is 0.00603. The molecule has 0 aliphatic heterocycles. The van der Waals surface area contributed by atoms with E-state index in [1.807, 2.05) is 0 Å². The van der Waals surface area contributed by atoms with Gasteiger partial charge < -0.3 is 10.6 Å². The lowest BCUT2D eigenvalue weighted by Gasteiger charge is -2.09. The second-order valence-electron chi connectivity index (χ2n) is 5.91. The molecule has 0 saturated heterocycles. The van der Waals surface area contributed by atoms with Crippen LogP contribution in [0.1, 0.15) is 20.7 Å². The van der Waals surface area contributed by atoms with E-state index in [9.17, 15) is 19.7 Å². The van der Waals surface area contributed by atoms with Crippen molar-refractivity contribution in [3.05, 3.63) is 97.5 Å². The summed E-state index contributed by atoms with van der Waals surface area (Å²) in [6.07, 6.45) is 0. The van der Waals surface area contributed by atoms with Crippen LogP contribution >= 0.6 is 27.5 Å². The summed E-state index contributed by atoms with van der Waals surface area (Å²) in [5.74, 6) is -0.844. The Labute approximate surface area is 179 Å². The quantitative estimate of drug-likeness (QED) is 0.376. The first kappa shape index (κ1) is 20.5. The van der Waals surface area contributed by atoms with Crippen LogP contribution in [0, 0.1) is 10.1 Å². The van der Waals surface area contributed by atoms with E-state index in [1.54, 1.807) is 48.5 Å². The van der Waals surface area contributed by atoms with E-state index in [-0.39, 0.29) is 22.2 Å². The number of carbonyl (C=O) groups excluding carboxylic acids is 2. The number of hydrogen-bond donors (Lipinski definition) is 2. The molecule has 0 radical (unpaired) electrons. The maximum absolute atomic E-state index is 12.4. The molecule has 3 aromatic carbocycles. The van der Waals surface area contributed by atoms with E-state index in [1.165, 1.54) is 12.1 Å². The lowest BCUT2D eigenvalue weighted by atomic mass is 10.1. The summed E-state index contributed by atoms with van der Waals surface area (Å²) in [6, 6.07) is 17.0. The molecule has 3 aromatic rings. The predicted octanol–water partition coefficient (Wildman–Crippen LogP) is 5.52. The second-order valence-corrected chi connectivity index (χ2v) is 7.24. The number of nitro groups is 1. The third-order valence-corrected chi connectivity index (χ3v) is 4.77. The molecule has 7 nitrogen and oxygen atoms in total. The summed E-state index contributed by atoms with van der Waals surface area (Å²) < 4.78 is 0.873. The topological polar surface area (TPSA) is 101 Å². The number of anilines is 2. The van der Waals surface area contributed by atoms with Gasteiger partial charge in [0.25, 0.3) is 17.5 Å². The number of carbonyl (C=O) groups is 2. The van der Waals surface area contributed by atoms with Gasteiger partial charge in [-0.2, -0.15) is 0 Å². The van der Waals surface area contributed by atoms with Crippen molar-refractivity contribution in [2.75, 3.05) is 10.6 Å². The summed E-state index contributed by atoms with van der Waals surface area (Å²) in [7, 11) is 0. The summed E-state index contributed by atoms with van der Waals surface area (Å²) in [5.41, 5.74) is 1.26. The Kier molecular flexibility index (Phi) is 6.26. The largest absolute Gasteiger partial charge is 0.322 e. The number of halogens is 2. The zero-order chi connectivity index (χ0) is 21.0. The highest BCUT2D eigenvalue weighted by molar-refractivity contribution is 9.10. The van der Waals surface area contributed by atoms with Gasteiger partial charge in [-0.1, -0.05) is 27.5 Å². The Bertz CT molecular complexity index is 1090. The van der Waals surface area contributed by atoms with E-state index >= 15 is 0 Å². The lowest BCUT2D eigenvalue weighted by Crippen LogP contribution is -2.13. The Morgan fingerprint density at radius 1 is 0.862 bits per heavy atom. The van der Waals surface area contributed by atoms with Gasteiger partial charge in [-0.25, -0.2) is 0 Å². The van der Waals surface area contributed by atoms with Gasteiger partial charge in [0.15, 0.2) is 0 Å². The van der Waals surface area contributed by atoms with Crippen molar-refractivity contribution in [2.45, 2.75) is 0 Å². The minimum Gasteiger partial charge on any atom is -0.322 e. The molecule has 0 unspecified atom stereocenters. The zero-order valence-corrected chi connectivity index (χ0v) is 17.0. The van der Waals surface area contributed by atoms with E-state index in [0.29, 0.717) is 16.9 Å². The number of non-ortho nitro benzene ring substituents is 1. The fraction of sp³-hybridized carbons (Fsp3) is 0. The molecule has 0 atom stereocenters. The van der Waals surface area contributed by atoms with Crippen LogP contribution in [0.15, 0.2) is 71.2 Å². The fourth-order valence-electron chi connectivity index (χ4n) is 2.44. The van der Waals surface area contributed by atoms with Crippen molar-refractivity contribution < 1.29 is 14.5 Å². The van der Waals surface area contributed by atoms with Crippen LogP contribution in [0.3, 0.4) is 0 Å². The Balaban J connectivity index is 1.68.